The summed E-state index contributed by atoms with van der Waals surface area (Å²) in [5.41, 5.74) is 7.78. The molecule has 0 aliphatic carbocycles. The second kappa shape index (κ2) is 13.0. The number of hydroxylamine groups is 1. The van der Waals surface area contributed by atoms with E-state index in [2.05, 4.69) is 10.8 Å². The van der Waals surface area contributed by atoms with Crippen LogP contribution in [0.25, 0.3) is 0 Å². The minimum atomic E-state index is -3.44. The zero-order chi connectivity index (χ0) is 12.3. The fourth-order valence-electron chi connectivity index (χ4n) is 1.12. The Hall–Kier alpha value is 0.562. The highest BCUT2D eigenvalue weighted by atomic mass is 31.2. The van der Waals surface area contributed by atoms with Crippen molar-refractivity contribution in [2.45, 2.75) is 26.2 Å². The first kappa shape index (κ1) is 19.9. The molecule has 0 aliphatic heterocycles. The number of nitrogens with two attached hydrogens (primary N) is 1. The molecule has 0 aromatic rings. The van der Waals surface area contributed by atoms with Crippen LogP contribution in [-0.2, 0) is 9.19 Å². The lowest BCUT2D eigenvalue weighted by atomic mass is 10.3. The molecule has 0 saturated heterocycles. The smallest absolute Gasteiger partial charge is 0.329 e. The van der Waals surface area contributed by atoms with Crippen molar-refractivity contribution in [3.63, 3.8) is 0 Å². The van der Waals surface area contributed by atoms with Gasteiger partial charge in [0.15, 0.2) is 17.4 Å². The van der Waals surface area contributed by atoms with Gasteiger partial charge in [-0.05, 0) is 6.42 Å². The van der Waals surface area contributed by atoms with Gasteiger partial charge in [-0.15, -0.1) is 0 Å². The molecule has 5 N–H and O–H groups in total. The summed E-state index contributed by atoms with van der Waals surface area (Å²) in [4.78, 5) is 9.37. The van der Waals surface area contributed by atoms with E-state index in [4.69, 9.17) is 10.4 Å². The van der Waals surface area contributed by atoms with Gasteiger partial charge in [0.05, 0.1) is 6.16 Å². The molecule has 0 saturated carbocycles. The summed E-state index contributed by atoms with van der Waals surface area (Å²) in [6.07, 6.45) is 2.91. The number of nitrogens with one attached hydrogen (secondary N) is 2. The van der Waals surface area contributed by atoms with Crippen molar-refractivity contribution in [3.05, 3.63) is 0 Å². The Morgan fingerprint density at radius 2 is 2.00 bits per heavy atom. The summed E-state index contributed by atoms with van der Waals surface area (Å²) in [7, 11) is -3.44. The zero-order valence-electron chi connectivity index (χ0n) is 9.95. The predicted molar refractivity (Wildman–Crippen MR) is 75.2 cm³/mol. The Kier molecular flexibility index (Phi) is 15.2. The van der Waals surface area contributed by atoms with Crippen molar-refractivity contribution >= 4 is 25.0 Å². The van der Waals surface area contributed by atoms with Gasteiger partial charge in [0.1, 0.15) is 0 Å². The average Bonchev–Trinajstić information content (AvgIpc) is 2.23. The molecule has 0 rings (SSSR count). The van der Waals surface area contributed by atoms with E-state index in [1.807, 2.05) is 6.92 Å². The van der Waals surface area contributed by atoms with Crippen LogP contribution in [0.4, 0.5) is 0 Å². The van der Waals surface area contributed by atoms with Crippen LogP contribution in [0.15, 0.2) is 0 Å². The van der Waals surface area contributed by atoms with Gasteiger partial charge in [0.25, 0.3) is 0 Å². The molecule has 0 spiro atoms. The lowest BCUT2D eigenvalue weighted by Crippen LogP contribution is -2.30. The van der Waals surface area contributed by atoms with E-state index < -0.39 is 7.60 Å². The molecule has 0 bridgehead atoms. The molecule has 1 atom stereocenters. The Balaban J connectivity index is 0. The van der Waals surface area contributed by atoms with Crippen molar-refractivity contribution in [2.75, 3.05) is 32.3 Å². The lowest BCUT2D eigenvalue weighted by molar-refractivity contribution is 0.166. The van der Waals surface area contributed by atoms with Crippen molar-refractivity contribution in [2.24, 2.45) is 5.73 Å². The van der Waals surface area contributed by atoms with Crippen LogP contribution >= 0.6 is 7.60 Å². The minimum Gasteiger partial charge on any atom is -0.329 e. The molecular weight excluding hydrogens is 256 g/mol. The van der Waals surface area contributed by atoms with Gasteiger partial charge in [0, 0.05) is 26.2 Å². The van der Waals surface area contributed by atoms with Crippen LogP contribution in [0.3, 0.4) is 0 Å². The molecule has 0 amide bonds. The first-order valence-corrected chi connectivity index (χ1v) is 7.52. The Morgan fingerprint density at radius 1 is 1.29 bits per heavy atom. The monoisotopic (exact) mass is 283 g/mol. The van der Waals surface area contributed by atoms with E-state index in [-0.39, 0.29) is 23.5 Å². The fourth-order valence-corrected chi connectivity index (χ4v) is 2.13. The summed E-state index contributed by atoms with van der Waals surface area (Å²) >= 11 is 0. The average molecular weight is 283 g/mol. The van der Waals surface area contributed by atoms with Gasteiger partial charge < -0.3 is 15.9 Å². The lowest BCUT2D eigenvalue weighted by Gasteiger charge is -2.12. The highest BCUT2D eigenvalue weighted by Crippen LogP contribution is 2.41. The normalized spacial score (nSPS) is 14.1. The topological polar surface area (TPSA) is 96.6 Å². The van der Waals surface area contributed by atoms with E-state index in [0.717, 1.165) is 25.8 Å². The highest BCUT2D eigenvalue weighted by Gasteiger charge is 2.18. The third kappa shape index (κ3) is 14.5. The maximum Gasteiger partial charge on any atom is 0.344 e. The second-order valence-electron chi connectivity index (χ2n) is 3.59. The summed E-state index contributed by atoms with van der Waals surface area (Å²) in [6.45, 7) is 4.50. The largest absolute Gasteiger partial charge is 0.344 e. The zero-order valence-corrected chi connectivity index (χ0v) is 10.8. The van der Waals surface area contributed by atoms with Crippen molar-refractivity contribution in [3.8, 4) is 0 Å². The summed E-state index contributed by atoms with van der Waals surface area (Å²) in [5.74, 6) is 0. The van der Waals surface area contributed by atoms with Gasteiger partial charge >= 0.3 is 7.60 Å². The number of rotatable bonds is 11. The SMILES string of the molecule is CCCCCP(=O)(O)ONCCNCCN.[AlH3]. The van der Waals surface area contributed by atoms with E-state index >= 15 is 0 Å². The quantitative estimate of drug-likeness (QED) is 0.172. The van der Waals surface area contributed by atoms with E-state index in [0.29, 0.717) is 19.6 Å². The minimum absolute atomic E-state index is 0. The van der Waals surface area contributed by atoms with Crippen LogP contribution in [0.5, 0.6) is 0 Å². The molecule has 0 aromatic heterocycles. The van der Waals surface area contributed by atoms with Crippen LogP contribution in [0, 0.1) is 0 Å². The molecule has 17 heavy (non-hydrogen) atoms. The molecular formula is C9H27AlN3O3P. The number of hydrogen-bond donors (Lipinski definition) is 4. The maximum absolute atomic E-state index is 11.4. The van der Waals surface area contributed by atoms with Crippen LogP contribution in [0.2, 0.25) is 0 Å². The fraction of sp³-hybridized carbons (Fsp3) is 1.00. The van der Waals surface area contributed by atoms with Gasteiger partial charge in [-0.3, -0.25) is 4.57 Å². The van der Waals surface area contributed by atoms with Gasteiger partial charge in [0.2, 0.25) is 0 Å². The van der Waals surface area contributed by atoms with Gasteiger partial charge in [-0.1, -0.05) is 19.8 Å². The van der Waals surface area contributed by atoms with E-state index in [1.165, 1.54) is 0 Å². The first-order valence-electron chi connectivity index (χ1n) is 5.76. The Labute approximate surface area is 114 Å². The standard InChI is InChI=1S/C9H24N3O3P.Al.3H/c1-2-3-4-9-16(13,14)15-12-8-7-11-6-5-10;;;;/h11-12H,2-10H2,1H3,(H,13,14);;;;. The van der Waals surface area contributed by atoms with Crippen LogP contribution in [0.1, 0.15) is 26.2 Å². The summed E-state index contributed by atoms with van der Waals surface area (Å²) in [5, 5.41) is 3.03. The predicted octanol–water partition coefficient (Wildman–Crippen LogP) is -0.752. The highest BCUT2D eigenvalue weighted by molar-refractivity contribution is 7.52. The maximum atomic E-state index is 11.4. The van der Waals surface area contributed by atoms with Crippen molar-refractivity contribution in [1.29, 1.82) is 0 Å². The second-order valence-corrected chi connectivity index (χ2v) is 5.50. The van der Waals surface area contributed by atoms with Crippen molar-refractivity contribution < 1.29 is 14.1 Å². The Morgan fingerprint density at radius 3 is 2.59 bits per heavy atom. The molecule has 0 aliphatic rings. The Bertz CT molecular complexity index is 210. The molecule has 0 aromatic carbocycles. The van der Waals surface area contributed by atoms with E-state index in [9.17, 15) is 9.46 Å². The molecule has 0 fully saturated rings. The molecule has 1 unspecified atom stereocenters. The van der Waals surface area contributed by atoms with Crippen LogP contribution < -0.4 is 16.5 Å². The third-order valence-electron chi connectivity index (χ3n) is 1.98. The summed E-state index contributed by atoms with van der Waals surface area (Å²) < 4.78 is 16.2. The summed E-state index contributed by atoms with van der Waals surface area (Å²) in [6, 6.07) is 0. The van der Waals surface area contributed by atoms with Gasteiger partial charge in [-0.2, -0.15) is 5.48 Å². The first-order chi connectivity index (χ1) is 7.62. The van der Waals surface area contributed by atoms with Gasteiger partial charge in [-0.25, -0.2) is 4.62 Å². The van der Waals surface area contributed by atoms with Crippen LogP contribution in [-0.4, -0.2) is 54.6 Å². The third-order valence-corrected chi connectivity index (χ3v) is 3.27. The molecule has 6 nitrogen and oxygen atoms in total. The van der Waals surface area contributed by atoms with E-state index in [1.54, 1.807) is 0 Å². The molecule has 0 heterocycles. The molecule has 0 radical (unpaired) electrons. The molecule has 104 valence electrons. The number of unbranched alkanes of at least 4 members (excludes halogenated alkanes) is 2. The van der Waals surface area contributed by atoms with Crippen molar-refractivity contribution in [1.82, 2.24) is 10.8 Å². The molecule has 8 heteroatoms. The number of hydrogen-bond acceptors (Lipinski definition) is 5.